The van der Waals surface area contributed by atoms with Gasteiger partial charge in [-0.15, -0.1) is 0 Å². The lowest BCUT2D eigenvalue weighted by atomic mass is 9.90. The van der Waals surface area contributed by atoms with Crippen molar-refractivity contribution in [3.8, 4) is 0 Å². The van der Waals surface area contributed by atoms with Gasteiger partial charge >= 0.3 is 0 Å². The van der Waals surface area contributed by atoms with Crippen LogP contribution in [-0.2, 0) is 6.54 Å². The normalized spacial score (nSPS) is 12.9. The molecule has 0 saturated carbocycles. The van der Waals surface area contributed by atoms with Crippen molar-refractivity contribution in [2.24, 2.45) is 0 Å². The van der Waals surface area contributed by atoms with Crippen LogP contribution in [0.4, 0.5) is 0 Å². The van der Waals surface area contributed by atoms with Crippen LogP contribution in [-0.4, -0.2) is 21.1 Å². The second-order valence-electron chi connectivity index (χ2n) is 5.26. The molecule has 0 atom stereocenters. The van der Waals surface area contributed by atoms with Gasteiger partial charge in [-0.3, -0.25) is 9.59 Å². The van der Waals surface area contributed by atoms with Crippen LogP contribution in [0.1, 0.15) is 37.7 Å². The van der Waals surface area contributed by atoms with Crippen molar-refractivity contribution in [2.75, 3.05) is 0 Å². The molecule has 2 aromatic carbocycles. The van der Waals surface area contributed by atoms with E-state index in [-0.39, 0.29) is 17.3 Å². The predicted molar refractivity (Wildman–Crippen MR) is 81.1 cm³/mol. The molecule has 0 fully saturated rings. The van der Waals surface area contributed by atoms with Crippen LogP contribution >= 0.6 is 0 Å². The Hall–Kier alpha value is -3.01. The molecule has 0 bridgehead atoms. The number of imidazole rings is 1. The number of nitrogens with zero attached hydrogens (tertiary/aromatic N) is 2. The van der Waals surface area contributed by atoms with E-state index >= 15 is 0 Å². The number of hydrogen-bond acceptors (Lipinski definition) is 3. The SMILES string of the molecule is O=C1c2ccccc2C(=O)c2c1ncn2Cc1ccccc1. The van der Waals surface area contributed by atoms with E-state index in [9.17, 15) is 9.59 Å². The van der Waals surface area contributed by atoms with Gasteiger partial charge in [-0.1, -0.05) is 54.6 Å². The second kappa shape index (κ2) is 4.77. The van der Waals surface area contributed by atoms with Crippen molar-refractivity contribution in [2.45, 2.75) is 6.54 Å². The Bertz CT molecular complexity index is 894. The smallest absolute Gasteiger partial charge is 0.214 e. The summed E-state index contributed by atoms with van der Waals surface area (Å²) in [5.41, 5.74) is 2.58. The Balaban J connectivity index is 1.82. The standard InChI is InChI=1S/C18H12N2O2/c21-17-13-8-4-5-9-14(13)18(22)16-15(17)19-11-20(16)10-12-6-2-1-3-7-12/h1-9,11H,10H2. The zero-order valence-corrected chi connectivity index (χ0v) is 11.7. The van der Waals surface area contributed by atoms with E-state index in [2.05, 4.69) is 4.98 Å². The molecule has 0 saturated heterocycles. The Labute approximate surface area is 127 Å². The lowest BCUT2D eigenvalue weighted by molar-refractivity contribution is 0.0971. The molecule has 4 heteroatoms. The minimum Gasteiger partial charge on any atom is -0.323 e. The summed E-state index contributed by atoms with van der Waals surface area (Å²) < 4.78 is 1.75. The van der Waals surface area contributed by atoms with Gasteiger partial charge in [-0.05, 0) is 5.56 Å². The highest BCUT2D eigenvalue weighted by atomic mass is 16.1. The summed E-state index contributed by atoms with van der Waals surface area (Å²) in [6, 6.07) is 16.7. The first-order chi connectivity index (χ1) is 10.8. The number of ketones is 2. The number of carbonyl (C=O) groups is 2. The third-order valence-corrected chi connectivity index (χ3v) is 3.88. The van der Waals surface area contributed by atoms with Crippen molar-refractivity contribution in [3.63, 3.8) is 0 Å². The maximum atomic E-state index is 12.7. The maximum Gasteiger partial charge on any atom is 0.214 e. The van der Waals surface area contributed by atoms with Crippen molar-refractivity contribution in [3.05, 3.63) is 89.0 Å². The summed E-state index contributed by atoms with van der Waals surface area (Å²) in [7, 11) is 0. The zero-order chi connectivity index (χ0) is 15.1. The van der Waals surface area contributed by atoms with Gasteiger partial charge < -0.3 is 4.57 Å². The molecule has 22 heavy (non-hydrogen) atoms. The highest BCUT2D eigenvalue weighted by molar-refractivity contribution is 6.27. The quantitative estimate of drug-likeness (QED) is 0.570. The molecule has 4 rings (SSSR count). The molecule has 1 aromatic heterocycles. The van der Waals surface area contributed by atoms with E-state index in [0.29, 0.717) is 23.4 Å². The Kier molecular flexibility index (Phi) is 2.76. The first-order valence-electron chi connectivity index (χ1n) is 7.03. The zero-order valence-electron chi connectivity index (χ0n) is 11.7. The third-order valence-electron chi connectivity index (χ3n) is 3.88. The van der Waals surface area contributed by atoms with Gasteiger partial charge in [-0.25, -0.2) is 4.98 Å². The fourth-order valence-corrected chi connectivity index (χ4v) is 2.82. The average Bonchev–Trinajstić information content (AvgIpc) is 2.98. The molecule has 4 nitrogen and oxygen atoms in total. The van der Waals surface area contributed by atoms with Gasteiger partial charge in [0, 0.05) is 17.7 Å². The highest BCUT2D eigenvalue weighted by Gasteiger charge is 2.33. The molecule has 0 N–H and O–H groups in total. The van der Waals surface area contributed by atoms with Gasteiger partial charge in [-0.2, -0.15) is 0 Å². The molecule has 106 valence electrons. The van der Waals surface area contributed by atoms with Gasteiger partial charge in [0.1, 0.15) is 11.4 Å². The van der Waals surface area contributed by atoms with Crippen molar-refractivity contribution in [1.29, 1.82) is 0 Å². The molecule has 1 aliphatic carbocycles. The second-order valence-corrected chi connectivity index (χ2v) is 5.26. The molecular formula is C18H12N2O2. The molecule has 0 aliphatic heterocycles. The lowest BCUT2D eigenvalue weighted by Gasteiger charge is -2.15. The van der Waals surface area contributed by atoms with Gasteiger partial charge in [0.2, 0.25) is 11.6 Å². The van der Waals surface area contributed by atoms with Gasteiger partial charge in [0.15, 0.2) is 0 Å². The first kappa shape index (κ1) is 12.7. The number of carbonyl (C=O) groups excluding carboxylic acids is 2. The summed E-state index contributed by atoms with van der Waals surface area (Å²) in [5, 5.41) is 0. The monoisotopic (exact) mass is 288 g/mol. The van der Waals surface area contributed by atoms with E-state index in [0.717, 1.165) is 5.56 Å². The van der Waals surface area contributed by atoms with Crippen molar-refractivity contribution in [1.82, 2.24) is 9.55 Å². The van der Waals surface area contributed by atoms with Crippen LogP contribution in [0.3, 0.4) is 0 Å². The maximum absolute atomic E-state index is 12.7. The summed E-state index contributed by atoms with van der Waals surface area (Å²) >= 11 is 0. The Morgan fingerprint density at radius 2 is 1.45 bits per heavy atom. The minimum absolute atomic E-state index is 0.140. The Morgan fingerprint density at radius 3 is 2.18 bits per heavy atom. The van der Waals surface area contributed by atoms with Crippen LogP contribution < -0.4 is 0 Å². The van der Waals surface area contributed by atoms with Crippen molar-refractivity contribution >= 4 is 11.6 Å². The number of benzene rings is 2. The van der Waals surface area contributed by atoms with Crippen molar-refractivity contribution < 1.29 is 9.59 Å². The molecule has 0 amide bonds. The van der Waals surface area contributed by atoms with E-state index in [1.807, 2.05) is 30.3 Å². The number of aromatic nitrogens is 2. The molecule has 3 aromatic rings. The number of fused-ring (bicyclic) bond motifs is 2. The van der Waals surface area contributed by atoms with E-state index in [1.54, 1.807) is 35.2 Å². The van der Waals surface area contributed by atoms with Gasteiger partial charge in [0.25, 0.3) is 0 Å². The Morgan fingerprint density at radius 1 is 0.818 bits per heavy atom. The fraction of sp³-hybridized carbons (Fsp3) is 0.0556. The number of hydrogen-bond donors (Lipinski definition) is 0. The number of rotatable bonds is 2. The van der Waals surface area contributed by atoms with E-state index in [4.69, 9.17) is 0 Å². The molecule has 1 aliphatic rings. The molecule has 1 heterocycles. The largest absolute Gasteiger partial charge is 0.323 e. The fourth-order valence-electron chi connectivity index (χ4n) is 2.82. The van der Waals surface area contributed by atoms with Crippen LogP contribution in [0.5, 0.6) is 0 Å². The van der Waals surface area contributed by atoms with Crippen LogP contribution in [0.25, 0.3) is 0 Å². The molecular weight excluding hydrogens is 276 g/mol. The van der Waals surface area contributed by atoms with Gasteiger partial charge in [0.05, 0.1) is 6.33 Å². The summed E-state index contributed by atoms with van der Waals surface area (Å²) in [4.78, 5) is 29.4. The summed E-state index contributed by atoms with van der Waals surface area (Å²) in [5.74, 6) is -0.323. The highest BCUT2D eigenvalue weighted by Crippen LogP contribution is 2.26. The van der Waals surface area contributed by atoms with Crippen LogP contribution in [0.15, 0.2) is 60.9 Å². The lowest BCUT2D eigenvalue weighted by Crippen LogP contribution is -2.23. The molecule has 0 radical (unpaired) electrons. The van der Waals surface area contributed by atoms with Crippen LogP contribution in [0.2, 0.25) is 0 Å². The topological polar surface area (TPSA) is 52.0 Å². The van der Waals surface area contributed by atoms with E-state index in [1.165, 1.54) is 0 Å². The molecule has 0 spiro atoms. The third kappa shape index (κ3) is 1.81. The summed E-state index contributed by atoms with van der Waals surface area (Å²) in [6.07, 6.45) is 1.57. The summed E-state index contributed by atoms with van der Waals surface area (Å²) in [6.45, 7) is 0.518. The van der Waals surface area contributed by atoms with E-state index < -0.39 is 0 Å². The average molecular weight is 288 g/mol. The molecule has 0 unspecified atom stereocenters. The minimum atomic E-state index is -0.183. The predicted octanol–water partition coefficient (Wildman–Crippen LogP) is 2.71. The first-order valence-corrected chi connectivity index (χ1v) is 7.03. The van der Waals surface area contributed by atoms with Crippen LogP contribution in [0, 0.1) is 0 Å².